The van der Waals surface area contributed by atoms with Gasteiger partial charge in [0.2, 0.25) is 5.91 Å². The molecule has 2 heterocycles. The topological polar surface area (TPSA) is 32.3 Å². The third-order valence-corrected chi connectivity index (χ3v) is 4.04. The van der Waals surface area contributed by atoms with Gasteiger partial charge in [-0.2, -0.15) is 0 Å². The van der Waals surface area contributed by atoms with Crippen molar-refractivity contribution in [2.24, 2.45) is 11.8 Å². The van der Waals surface area contributed by atoms with Crippen molar-refractivity contribution in [1.82, 2.24) is 10.2 Å². The first-order valence-corrected chi connectivity index (χ1v) is 6.33. The molecule has 3 atom stereocenters. The van der Waals surface area contributed by atoms with Crippen molar-refractivity contribution >= 4 is 5.91 Å². The van der Waals surface area contributed by atoms with Crippen LogP contribution in [0.25, 0.3) is 0 Å². The molecule has 0 bridgehead atoms. The van der Waals surface area contributed by atoms with E-state index in [1.807, 2.05) is 13.0 Å². The van der Waals surface area contributed by atoms with Gasteiger partial charge in [0.05, 0.1) is 0 Å². The van der Waals surface area contributed by atoms with E-state index in [2.05, 4.69) is 24.1 Å². The highest BCUT2D eigenvalue weighted by Gasteiger charge is 2.43. The summed E-state index contributed by atoms with van der Waals surface area (Å²) in [6, 6.07) is 0.396. The Morgan fingerprint density at radius 3 is 2.88 bits per heavy atom. The lowest BCUT2D eigenvalue weighted by molar-refractivity contribution is -0.128. The maximum atomic E-state index is 12.2. The number of allylic oxidation sites excluding steroid dienone is 1. The second-order valence-electron chi connectivity index (χ2n) is 5.08. The zero-order chi connectivity index (χ0) is 11.7. The van der Waals surface area contributed by atoms with Crippen LogP contribution in [0.15, 0.2) is 11.6 Å². The van der Waals surface area contributed by atoms with E-state index in [-0.39, 0.29) is 5.91 Å². The first kappa shape index (κ1) is 11.6. The van der Waals surface area contributed by atoms with E-state index in [1.54, 1.807) is 0 Å². The van der Waals surface area contributed by atoms with Crippen molar-refractivity contribution in [3.05, 3.63) is 11.6 Å². The van der Waals surface area contributed by atoms with Gasteiger partial charge in [-0.25, -0.2) is 0 Å². The summed E-state index contributed by atoms with van der Waals surface area (Å²) in [6.07, 6.45) is 2.97. The van der Waals surface area contributed by atoms with Crippen LogP contribution < -0.4 is 5.32 Å². The van der Waals surface area contributed by atoms with Gasteiger partial charge in [0.25, 0.3) is 0 Å². The van der Waals surface area contributed by atoms with Crippen LogP contribution in [0.1, 0.15) is 27.2 Å². The zero-order valence-corrected chi connectivity index (χ0v) is 10.5. The van der Waals surface area contributed by atoms with Gasteiger partial charge in [-0.3, -0.25) is 4.79 Å². The summed E-state index contributed by atoms with van der Waals surface area (Å²) in [4.78, 5) is 14.3. The van der Waals surface area contributed by atoms with Crippen molar-refractivity contribution in [1.29, 1.82) is 0 Å². The molecule has 16 heavy (non-hydrogen) atoms. The number of rotatable bonds is 2. The quantitative estimate of drug-likeness (QED) is 0.716. The molecule has 1 amide bonds. The smallest absolute Gasteiger partial charge is 0.249 e. The van der Waals surface area contributed by atoms with Crippen LogP contribution in [0, 0.1) is 11.8 Å². The molecule has 2 aliphatic rings. The number of nitrogens with one attached hydrogen (secondary N) is 1. The minimum Gasteiger partial charge on any atom is -0.336 e. The Labute approximate surface area is 97.9 Å². The largest absolute Gasteiger partial charge is 0.336 e. The second-order valence-corrected chi connectivity index (χ2v) is 5.08. The lowest BCUT2D eigenvalue weighted by Gasteiger charge is -2.24. The molecule has 0 saturated carbocycles. The Kier molecular flexibility index (Phi) is 3.33. The fraction of sp³-hybridized carbons (Fsp3) is 0.769. The van der Waals surface area contributed by atoms with Crippen LogP contribution in [0.3, 0.4) is 0 Å². The molecule has 90 valence electrons. The molecule has 0 radical (unpaired) electrons. The first-order valence-electron chi connectivity index (χ1n) is 6.33. The van der Waals surface area contributed by atoms with Crippen LogP contribution >= 0.6 is 0 Å². The number of carbonyl (C=O) groups is 1. The van der Waals surface area contributed by atoms with Crippen LogP contribution in [0.5, 0.6) is 0 Å². The standard InChI is InChI=1S/C13H22N2O/c1-4-5-9(2)13(16)15-8-11-6-14-7-12(11)10(15)3/h5,10-12,14H,4,6-8H2,1-3H3. The van der Waals surface area contributed by atoms with Gasteiger partial charge in [-0.05, 0) is 32.1 Å². The molecule has 0 aliphatic carbocycles. The van der Waals surface area contributed by atoms with Crippen LogP contribution in [-0.2, 0) is 4.79 Å². The van der Waals surface area contributed by atoms with E-state index in [0.29, 0.717) is 17.9 Å². The predicted octanol–water partition coefficient (Wildman–Crippen LogP) is 1.41. The summed E-state index contributed by atoms with van der Waals surface area (Å²) in [5.74, 6) is 1.58. The molecule has 2 fully saturated rings. The molecule has 1 N–H and O–H groups in total. The summed E-state index contributed by atoms with van der Waals surface area (Å²) in [7, 11) is 0. The van der Waals surface area contributed by atoms with Gasteiger partial charge >= 0.3 is 0 Å². The molecule has 0 aromatic carbocycles. The first-order chi connectivity index (χ1) is 7.65. The SMILES string of the molecule is CCC=C(C)C(=O)N1CC2CNCC2C1C. The zero-order valence-electron chi connectivity index (χ0n) is 10.5. The van der Waals surface area contributed by atoms with E-state index in [1.165, 1.54) is 0 Å². The molecule has 0 aromatic rings. The molecule has 2 saturated heterocycles. The normalized spacial score (nSPS) is 34.3. The van der Waals surface area contributed by atoms with E-state index in [4.69, 9.17) is 0 Å². The van der Waals surface area contributed by atoms with Gasteiger partial charge in [0.15, 0.2) is 0 Å². The van der Waals surface area contributed by atoms with Crippen molar-refractivity contribution in [3.8, 4) is 0 Å². The lowest BCUT2D eigenvalue weighted by Crippen LogP contribution is -2.38. The van der Waals surface area contributed by atoms with Crippen LogP contribution in [-0.4, -0.2) is 36.5 Å². The minimum atomic E-state index is 0.240. The minimum absolute atomic E-state index is 0.240. The molecule has 0 aromatic heterocycles. The Morgan fingerprint density at radius 1 is 1.50 bits per heavy atom. The molecule has 0 spiro atoms. The highest BCUT2D eigenvalue weighted by Crippen LogP contribution is 2.32. The summed E-state index contributed by atoms with van der Waals surface area (Å²) < 4.78 is 0. The second kappa shape index (κ2) is 4.58. The average Bonchev–Trinajstić information content (AvgIpc) is 2.81. The highest BCUT2D eigenvalue weighted by molar-refractivity contribution is 5.93. The number of amides is 1. The predicted molar refractivity (Wildman–Crippen MR) is 65.1 cm³/mol. The lowest BCUT2D eigenvalue weighted by atomic mass is 9.95. The van der Waals surface area contributed by atoms with Gasteiger partial charge < -0.3 is 10.2 Å². The summed E-state index contributed by atoms with van der Waals surface area (Å²) in [5.41, 5.74) is 0.905. The summed E-state index contributed by atoms with van der Waals surface area (Å²) in [5, 5.41) is 3.42. The third-order valence-electron chi connectivity index (χ3n) is 4.04. The average molecular weight is 222 g/mol. The van der Waals surface area contributed by atoms with Crippen molar-refractivity contribution in [3.63, 3.8) is 0 Å². The number of hydrogen-bond acceptors (Lipinski definition) is 2. The fourth-order valence-corrected chi connectivity index (χ4v) is 3.06. The van der Waals surface area contributed by atoms with Crippen molar-refractivity contribution < 1.29 is 4.79 Å². The Morgan fingerprint density at radius 2 is 2.25 bits per heavy atom. The molecule has 3 nitrogen and oxygen atoms in total. The molecular weight excluding hydrogens is 200 g/mol. The van der Waals surface area contributed by atoms with Crippen LogP contribution in [0.4, 0.5) is 0 Å². The van der Waals surface area contributed by atoms with Crippen LogP contribution in [0.2, 0.25) is 0 Å². The number of carbonyl (C=O) groups excluding carboxylic acids is 1. The molecule has 2 rings (SSSR count). The van der Waals surface area contributed by atoms with E-state index in [9.17, 15) is 4.79 Å². The molecule has 2 aliphatic heterocycles. The van der Waals surface area contributed by atoms with E-state index in [0.717, 1.165) is 31.6 Å². The van der Waals surface area contributed by atoms with Crippen molar-refractivity contribution in [2.75, 3.05) is 19.6 Å². The molecular formula is C13H22N2O. The molecule has 3 heteroatoms. The van der Waals surface area contributed by atoms with Gasteiger partial charge in [0, 0.05) is 31.2 Å². The van der Waals surface area contributed by atoms with Gasteiger partial charge in [-0.1, -0.05) is 13.0 Å². The number of nitrogens with zero attached hydrogens (tertiary/aromatic N) is 1. The summed E-state index contributed by atoms with van der Waals surface area (Å²) >= 11 is 0. The summed E-state index contributed by atoms with van der Waals surface area (Å²) in [6.45, 7) is 9.29. The third kappa shape index (κ3) is 1.88. The monoisotopic (exact) mass is 222 g/mol. The number of fused-ring (bicyclic) bond motifs is 1. The Hall–Kier alpha value is -0.830. The highest BCUT2D eigenvalue weighted by atomic mass is 16.2. The van der Waals surface area contributed by atoms with Gasteiger partial charge in [0.1, 0.15) is 0 Å². The van der Waals surface area contributed by atoms with Gasteiger partial charge in [-0.15, -0.1) is 0 Å². The Bertz CT molecular complexity index is 311. The van der Waals surface area contributed by atoms with E-state index >= 15 is 0 Å². The Balaban J connectivity index is 2.06. The van der Waals surface area contributed by atoms with E-state index < -0.39 is 0 Å². The fourth-order valence-electron chi connectivity index (χ4n) is 3.06. The van der Waals surface area contributed by atoms with Crippen molar-refractivity contribution in [2.45, 2.75) is 33.2 Å². The maximum Gasteiger partial charge on any atom is 0.249 e. The maximum absolute atomic E-state index is 12.2. The number of likely N-dealkylation sites (tertiary alicyclic amines) is 1. The number of hydrogen-bond donors (Lipinski definition) is 1. The molecule has 3 unspecified atom stereocenters.